The molecule has 2 aromatic carbocycles. The number of urea groups is 1. The Hall–Kier alpha value is -3.10. The summed E-state index contributed by atoms with van der Waals surface area (Å²) < 4.78 is 5.18. The Balaban J connectivity index is 1.45. The first-order valence-electron chi connectivity index (χ1n) is 10.9. The van der Waals surface area contributed by atoms with Gasteiger partial charge in [0.2, 0.25) is 5.91 Å². The van der Waals surface area contributed by atoms with Crippen molar-refractivity contribution < 1.29 is 19.1 Å². The molecule has 8 nitrogen and oxygen atoms in total. The molecule has 2 aromatic rings. The van der Waals surface area contributed by atoms with Crippen molar-refractivity contribution >= 4 is 46.5 Å². The molecule has 33 heavy (non-hydrogen) atoms. The Morgan fingerprint density at radius 3 is 2.48 bits per heavy atom. The van der Waals surface area contributed by atoms with Crippen molar-refractivity contribution in [3.63, 3.8) is 0 Å². The van der Waals surface area contributed by atoms with Crippen LogP contribution in [-0.4, -0.2) is 62.1 Å². The van der Waals surface area contributed by atoms with E-state index >= 15 is 0 Å². The van der Waals surface area contributed by atoms with Crippen LogP contribution in [0.3, 0.4) is 0 Å². The summed E-state index contributed by atoms with van der Waals surface area (Å²) in [5.41, 5.74) is 2.09. The highest BCUT2D eigenvalue weighted by molar-refractivity contribution is 6.30. The molecule has 0 bridgehead atoms. The van der Waals surface area contributed by atoms with Gasteiger partial charge in [0.15, 0.2) is 0 Å². The van der Waals surface area contributed by atoms with E-state index in [9.17, 15) is 14.4 Å². The number of rotatable bonds is 4. The van der Waals surface area contributed by atoms with Crippen molar-refractivity contribution in [2.75, 3.05) is 48.5 Å². The van der Waals surface area contributed by atoms with Crippen molar-refractivity contribution in [1.29, 1.82) is 0 Å². The number of carbonyl (C=O) groups is 3. The third-order valence-corrected chi connectivity index (χ3v) is 6.27. The zero-order chi connectivity index (χ0) is 23.5. The molecular formula is C24H27ClN4O4. The van der Waals surface area contributed by atoms with E-state index in [2.05, 4.69) is 5.32 Å². The molecule has 0 aliphatic carbocycles. The number of hydrogen-bond acceptors (Lipinski definition) is 4. The second-order valence-electron chi connectivity index (χ2n) is 8.46. The van der Waals surface area contributed by atoms with E-state index in [0.717, 1.165) is 5.69 Å². The molecule has 2 fully saturated rings. The predicted molar refractivity (Wildman–Crippen MR) is 128 cm³/mol. The largest absolute Gasteiger partial charge is 0.370 e. The molecule has 2 heterocycles. The van der Waals surface area contributed by atoms with Crippen LogP contribution in [0.5, 0.6) is 0 Å². The highest BCUT2D eigenvalue weighted by Gasteiger charge is 2.39. The molecule has 4 rings (SSSR count). The molecule has 2 atom stereocenters. The van der Waals surface area contributed by atoms with E-state index in [1.807, 2.05) is 31.2 Å². The number of ether oxygens (including phenoxy) is 1. The molecule has 174 valence electrons. The van der Waals surface area contributed by atoms with Crippen molar-refractivity contribution in [2.24, 2.45) is 5.92 Å². The molecule has 4 amide bonds. The number of nitrogens with zero attached hydrogens (tertiary/aromatic N) is 3. The molecule has 1 N–H and O–H groups in total. The number of likely N-dealkylation sites (N-methyl/N-ethyl adjacent to an activating group) is 1. The topological polar surface area (TPSA) is 82.2 Å². The summed E-state index contributed by atoms with van der Waals surface area (Å²) in [4.78, 5) is 43.2. The van der Waals surface area contributed by atoms with Crippen LogP contribution in [0.25, 0.3) is 0 Å². The molecule has 0 unspecified atom stereocenters. The molecule has 0 saturated carbocycles. The summed E-state index contributed by atoms with van der Waals surface area (Å²) in [7, 11) is 1.70. The van der Waals surface area contributed by atoms with Crippen molar-refractivity contribution in [3.05, 3.63) is 53.6 Å². The number of hydrogen-bond donors (Lipinski definition) is 1. The summed E-state index contributed by atoms with van der Waals surface area (Å²) in [6, 6.07) is 13.3. The van der Waals surface area contributed by atoms with Crippen LogP contribution in [0, 0.1) is 5.92 Å². The number of amides is 4. The van der Waals surface area contributed by atoms with Gasteiger partial charge >= 0.3 is 6.03 Å². The average Bonchev–Trinajstić information content (AvgIpc) is 3.22. The van der Waals surface area contributed by atoms with E-state index in [1.165, 1.54) is 0 Å². The quantitative estimate of drug-likeness (QED) is 0.740. The molecule has 0 aromatic heterocycles. The van der Waals surface area contributed by atoms with Crippen molar-refractivity contribution in [1.82, 2.24) is 4.90 Å². The molecule has 0 radical (unpaired) electrons. The summed E-state index contributed by atoms with van der Waals surface area (Å²) in [5, 5.41) is 3.44. The van der Waals surface area contributed by atoms with Crippen LogP contribution in [-0.2, 0) is 14.3 Å². The fourth-order valence-corrected chi connectivity index (χ4v) is 4.36. The fourth-order valence-electron chi connectivity index (χ4n) is 4.23. The summed E-state index contributed by atoms with van der Waals surface area (Å²) in [6.45, 7) is 3.62. The maximum atomic E-state index is 13.3. The number of morpholine rings is 1. The van der Waals surface area contributed by atoms with Gasteiger partial charge in [-0.3, -0.25) is 9.59 Å². The van der Waals surface area contributed by atoms with E-state index in [1.54, 1.807) is 46.0 Å². The monoisotopic (exact) mass is 470 g/mol. The number of carbonyl (C=O) groups excluding carboxylic acids is 3. The van der Waals surface area contributed by atoms with Crippen LogP contribution in [0.2, 0.25) is 5.02 Å². The third-order valence-electron chi connectivity index (χ3n) is 6.02. The summed E-state index contributed by atoms with van der Waals surface area (Å²) >= 11 is 5.92. The second kappa shape index (κ2) is 9.80. The molecule has 2 aliphatic heterocycles. The first-order valence-corrected chi connectivity index (χ1v) is 11.3. The summed E-state index contributed by atoms with van der Waals surface area (Å²) in [6.07, 6.45) is 0.595. The zero-order valence-electron chi connectivity index (χ0n) is 18.7. The maximum absolute atomic E-state index is 13.3. The van der Waals surface area contributed by atoms with Gasteiger partial charge in [0.25, 0.3) is 5.91 Å². The molecular weight excluding hydrogens is 444 g/mol. The number of nitrogens with one attached hydrogen (secondary N) is 1. The normalized spacial score (nSPS) is 20.6. The maximum Gasteiger partial charge on any atom is 0.322 e. The molecule has 2 saturated heterocycles. The van der Waals surface area contributed by atoms with E-state index in [-0.39, 0.29) is 30.4 Å². The minimum atomic E-state index is -0.558. The van der Waals surface area contributed by atoms with Gasteiger partial charge in [0, 0.05) is 42.2 Å². The van der Waals surface area contributed by atoms with Crippen LogP contribution in [0.15, 0.2) is 48.5 Å². The van der Waals surface area contributed by atoms with Crippen LogP contribution in [0.4, 0.5) is 21.9 Å². The van der Waals surface area contributed by atoms with E-state index in [4.69, 9.17) is 16.3 Å². The SMILES string of the molecule is C[C@H]1C[C@H](C(=O)N(C)c2ccc(N3CCOCC3=O)cc2)N(C(=O)Nc2ccc(Cl)cc2)C1. The number of anilines is 3. The van der Waals surface area contributed by atoms with Gasteiger partial charge in [0.05, 0.1) is 6.61 Å². The van der Waals surface area contributed by atoms with Gasteiger partial charge in [-0.05, 0) is 60.9 Å². The minimum absolute atomic E-state index is 0.0773. The van der Waals surface area contributed by atoms with Gasteiger partial charge in [-0.1, -0.05) is 18.5 Å². The van der Waals surface area contributed by atoms with Gasteiger partial charge in [-0.2, -0.15) is 0 Å². The second-order valence-corrected chi connectivity index (χ2v) is 8.89. The van der Waals surface area contributed by atoms with Crippen LogP contribution in [0.1, 0.15) is 13.3 Å². The highest BCUT2D eigenvalue weighted by Crippen LogP contribution is 2.28. The van der Waals surface area contributed by atoms with Gasteiger partial charge in [-0.25, -0.2) is 4.79 Å². The minimum Gasteiger partial charge on any atom is -0.370 e. The van der Waals surface area contributed by atoms with E-state index in [0.29, 0.717) is 42.5 Å². The van der Waals surface area contributed by atoms with Gasteiger partial charge in [0.1, 0.15) is 12.6 Å². The Morgan fingerprint density at radius 2 is 1.82 bits per heavy atom. The Morgan fingerprint density at radius 1 is 1.12 bits per heavy atom. The zero-order valence-corrected chi connectivity index (χ0v) is 19.4. The Labute approximate surface area is 198 Å². The lowest BCUT2D eigenvalue weighted by Gasteiger charge is -2.29. The van der Waals surface area contributed by atoms with E-state index < -0.39 is 6.04 Å². The average molecular weight is 471 g/mol. The number of halogens is 1. The van der Waals surface area contributed by atoms with Gasteiger partial charge < -0.3 is 24.8 Å². The Kier molecular flexibility index (Phi) is 6.85. The van der Waals surface area contributed by atoms with Crippen molar-refractivity contribution in [3.8, 4) is 0 Å². The Bertz CT molecular complexity index is 1030. The molecule has 2 aliphatic rings. The summed E-state index contributed by atoms with van der Waals surface area (Å²) in [5.74, 6) is -0.0282. The molecule has 0 spiro atoms. The highest BCUT2D eigenvalue weighted by atomic mass is 35.5. The first kappa shape index (κ1) is 23.1. The lowest BCUT2D eigenvalue weighted by Crippen LogP contribution is -2.48. The standard InChI is InChI=1S/C24H27ClN4O4/c1-16-13-21(29(14-16)24(32)26-18-5-3-17(25)4-6-18)23(31)27(2)19-7-9-20(10-8-19)28-11-12-33-15-22(28)30/h3-10,16,21H,11-15H2,1-2H3,(H,26,32)/t16-,21+/m0/s1. The number of benzene rings is 2. The smallest absolute Gasteiger partial charge is 0.322 e. The lowest BCUT2D eigenvalue weighted by atomic mass is 10.1. The van der Waals surface area contributed by atoms with Crippen LogP contribution < -0.4 is 15.1 Å². The lowest BCUT2D eigenvalue weighted by molar-refractivity contribution is -0.125. The fraction of sp³-hybridized carbons (Fsp3) is 0.375. The predicted octanol–water partition coefficient (Wildman–Crippen LogP) is 3.61. The first-order chi connectivity index (χ1) is 15.8. The van der Waals surface area contributed by atoms with Gasteiger partial charge in [-0.15, -0.1) is 0 Å². The van der Waals surface area contributed by atoms with Crippen molar-refractivity contribution in [2.45, 2.75) is 19.4 Å². The third kappa shape index (κ3) is 5.12. The molecule has 9 heteroatoms. The van der Waals surface area contributed by atoms with Crippen LogP contribution >= 0.6 is 11.6 Å². The number of likely N-dealkylation sites (tertiary alicyclic amines) is 1.